The fraction of sp³-hybridized carbons (Fsp3) is 0.400. The minimum absolute atomic E-state index is 0.170. The van der Waals surface area contributed by atoms with Crippen LogP contribution in [0.1, 0.15) is 22.6 Å². The lowest BCUT2D eigenvalue weighted by atomic mass is 10.1. The highest BCUT2D eigenvalue weighted by atomic mass is 32.2. The summed E-state index contributed by atoms with van der Waals surface area (Å²) >= 11 is 1.57. The second-order valence-corrected chi connectivity index (χ2v) is 7.78. The first-order valence-electron chi connectivity index (χ1n) is 6.97. The highest BCUT2D eigenvalue weighted by Crippen LogP contribution is 2.12. The molecule has 114 valence electrons. The quantitative estimate of drug-likeness (QED) is 0.812. The van der Waals surface area contributed by atoms with Gasteiger partial charge in [0, 0.05) is 11.4 Å². The molecule has 0 spiro atoms. The molecule has 0 saturated carbocycles. The van der Waals surface area contributed by atoms with Crippen LogP contribution in [0, 0.1) is 6.92 Å². The molecule has 6 heteroatoms. The molecule has 0 saturated heterocycles. The third-order valence-electron chi connectivity index (χ3n) is 3.24. The van der Waals surface area contributed by atoms with Crippen molar-refractivity contribution in [1.82, 2.24) is 9.71 Å². The van der Waals surface area contributed by atoms with E-state index in [0.717, 1.165) is 17.0 Å². The van der Waals surface area contributed by atoms with Crippen molar-refractivity contribution >= 4 is 21.4 Å². The van der Waals surface area contributed by atoms with Crippen LogP contribution >= 0.6 is 11.3 Å². The van der Waals surface area contributed by atoms with Crippen LogP contribution in [0.5, 0.6) is 0 Å². The topological polar surface area (TPSA) is 59.1 Å². The molecule has 0 amide bonds. The molecule has 0 atom stereocenters. The molecule has 0 aliphatic carbocycles. The van der Waals surface area contributed by atoms with Crippen LogP contribution in [0.15, 0.2) is 35.8 Å². The summed E-state index contributed by atoms with van der Waals surface area (Å²) in [5.74, 6) is 0.170. The van der Waals surface area contributed by atoms with Crippen molar-refractivity contribution in [3.05, 3.63) is 52.0 Å². The first-order valence-corrected chi connectivity index (χ1v) is 9.50. The van der Waals surface area contributed by atoms with Gasteiger partial charge in [0.25, 0.3) is 0 Å². The Morgan fingerprint density at radius 3 is 2.62 bits per heavy atom. The van der Waals surface area contributed by atoms with Crippen molar-refractivity contribution < 1.29 is 8.42 Å². The van der Waals surface area contributed by atoms with Gasteiger partial charge in [0.05, 0.1) is 17.0 Å². The van der Waals surface area contributed by atoms with Crippen LogP contribution in [-0.4, -0.2) is 25.7 Å². The number of rotatable bonds is 8. The predicted molar refractivity (Wildman–Crippen MR) is 87.1 cm³/mol. The van der Waals surface area contributed by atoms with Crippen molar-refractivity contribution in [2.45, 2.75) is 26.2 Å². The number of sulfonamides is 1. The molecule has 2 aromatic rings. The van der Waals surface area contributed by atoms with Crippen LogP contribution in [0.2, 0.25) is 0 Å². The normalized spacial score (nSPS) is 11.7. The number of aryl methyl sites for hydroxylation is 2. The summed E-state index contributed by atoms with van der Waals surface area (Å²) in [4.78, 5) is 5.30. The van der Waals surface area contributed by atoms with E-state index in [9.17, 15) is 8.42 Å². The average molecular weight is 324 g/mol. The molecule has 0 bridgehead atoms. The van der Waals surface area contributed by atoms with Crippen LogP contribution < -0.4 is 4.72 Å². The number of thiazole rings is 1. The monoisotopic (exact) mass is 324 g/mol. The second-order valence-electron chi connectivity index (χ2n) is 4.91. The molecular weight excluding hydrogens is 304 g/mol. The summed E-state index contributed by atoms with van der Waals surface area (Å²) in [6.07, 6.45) is 2.13. The van der Waals surface area contributed by atoms with Gasteiger partial charge in [-0.2, -0.15) is 0 Å². The van der Waals surface area contributed by atoms with Crippen molar-refractivity contribution in [3.63, 3.8) is 0 Å². The van der Waals surface area contributed by atoms with E-state index < -0.39 is 10.0 Å². The Labute approximate surface area is 130 Å². The fourth-order valence-electron chi connectivity index (χ4n) is 2.07. The molecular formula is C15H20N2O2S2. The number of nitrogens with one attached hydrogen (secondary N) is 1. The molecule has 21 heavy (non-hydrogen) atoms. The lowest BCUT2D eigenvalue weighted by Gasteiger charge is -2.06. The fourth-order valence-corrected chi connectivity index (χ4v) is 3.93. The van der Waals surface area contributed by atoms with Crippen LogP contribution in [0.3, 0.4) is 0 Å². The van der Waals surface area contributed by atoms with Gasteiger partial charge in [0.1, 0.15) is 0 Å². The molecule has 2 rings (SSSR count). The minimum Gasteiger partial charge on any atom is -0.250 e. The van der Waals surface area contributed by atoms with Gasteiger partial charge in [0.15, 0.2) is 0 Å². The third kappa shape index (κ3) is 5.57. The van der Waals surface area contributed by atoms with Crippen molar-refractivity contribution in [2.24, 2.45) is 0 Å². The van der Waals surface area contributed by atoms with Gasteiger partial charge in [0.2, 0.25) is 10.0 Å². The van der Waals surface area contributed by atoms with E-state index in [4.69, 9.17) is 0 Å². The Morgan fingerprint density at radius 2 is 1.95 bits per heavy atom. The lowest BCUT2D eigenvalue weighted by molar-refractivity contribution is 0.579. The Balaban J connectivity index is 1.71. The van der Waals surface area contributed by atoms with E-state index in [-0.39, 0.29) is 5.75 Å². The summed E-state index contributed by atoms with van der Waals surface area (Å²) in [5, 5.41) is 0. The SMILES string of the molecule is Cc1ncsc1CCNS(=O)(=O)CCCc1ccccc1. The van der Waals surface area contributed by atoms with Gasteiger partial charge >= 0.3 is 0 Å². The van der Waals surface area contributed by atoms with Gasteiger partial charge in [-0.05, 0) is 31.7 Å². The number of nitrogens with zero attached hydrogens (tertiary/aromatic N) is 1. The molecule has 0 aliphatic rings. The van der Waals surface area contributed by atoms with Crippen LogP contribution in [0.25, 0.3) is 0 Å². The Hall–Kier alpha value is -1.24. The van der Waals surface area contributed by atoms with Gasteiger partial charge in [-0.1, -0.05) is 30.3 Å². The van der Waals surface area contributed by atoms with Gasteiger partial charge in [-0.15, -0.1) is 11.3 Å². The second kappa shape index (κ2) is 7.68. The van der Waals surface area contributed by atoms with Crippen molar-refractivity contribution in [3.8, 4) is 0 Å². The number of hydrogen-bond donors (Lipinski definition) is 1. The molecule has 1 aromatic carbocycles. The zero-order chi connectivity index (χ0) is 15.1. The smallest absolute Gasteiger partial charge is 0.211 e. The van der Waals surface area contributed by atoms with Gasteiger partial charge in [-0.25, -0.2) is 18.1 Å². The van der Waals surface area contributed by atoms with Gasteiger partial charge in [-0.3, -0.25) is 0 Å². The molecule has 1 heterocycles. The highest BCUT2D eigenvalue weighted by Gasteiger charge is 2.10. The van der Waals surface area contributed by atoms with E-state index >= 15 is 0 Å². The van der Waals surface area contributed by atoms with E-state index in [1.165, 1.54) is 5.56 Å². The maximum atomic E-state index is 11.9. The standard InChI is InChI=1S/C15H20N2O2S2/c1-13-15(20-12-16-13)9-10-17-21(18,19)11-5-8-14-6-3-2-4-7-14/h2-4,6-7,12,17H,5,8-11H2,1H3. The van der Waals surface area contributed by atoms with E-state index in [2.05, 4.69) is 9.71 Å². The first-order chi connectivity index (χ1) is 10.1. The summed E-state index contributed by atoms with van der Waals surface area (Å²) in [5.41, 5.74) is 3.95. The van der Waals surface area contributed by atoms with E-state index in [1.54, 1.807) is 16.8 Å². The van der Waals surface area contributed by atoms with Crippen molar-refractivity contribution in [2.75, 3.05) is 12.3 Å². The Kier molecular flexibility index (Phi) is 5.90. The third-order valence-corrected chi connectivity index (χ3v) is 5.71. The molecule has 0 aliphatic heterocycles. The van der Waals surface area contributed by atoms with E-state index in [0.29, 0.717) is 19.4 Å². The molecule has 0 unspecified atom stereocenters. The minimum atomic E-state index is -3.18. The Morgan fingerprint density at radius 1 is 1.19 bits per heavy atom. The summed E-state index contributed by atoms with van der Waals surface area (Å²) < 4.78 is 26.5. The summed E-state index contributed by atoms with van der Waals surface area (Å²) in [7, 11) is -3.18. The first kappa shape index (κ1) is 16.1. The van der Waals surface area contributed by atoms with Crippen molar-refractivity contribution in [1.29, 1.82) is 0 Å². The lowest BCUT2D eigenvalue weighted by Crippen LogP contribution is -2.28. The van der Waals surface area contributed by atoms with Crippen LogP contribution in [0.4, 0.5) is 0 Å². The highest BCUT2D eigenvalue weighted by molar-refractivity contribution is 7.89. The molecule has 1 aromatic heterocycles. The predicted octanol–water partition coefficient (Wildman–Crippen LogP) is 2.55. The zero-order valence-corrected chi connectivity index (χ0v) is 13.7. The average Bonchev–Trinajstić information content (AvgIpc) is 2.85. The molecule has 0 fully saturated rings. The zero-order valence-electron chi connectivity index (χ0n) is 12.1. The maximum Gasteiger partial charge on any atom is 0.211 e. The Bertz CT molecular complexity index is 651. The summed E-state index contributed by atoms with van der Waals surface area (Å²) in [6, 6.07) is 9.95. The summed E-state index contributed by atoms with van der Waals surface area (Å²) in [6.45, 7) is 2.39. The molecule has 4 nitrogen and oxygen atoms in total. The number of hydrogen-bond acceptors (Lipinski definition) is 4. The number of benzene rings is 1. The molecule has 0 radical (unpaired) electrons. The largest absolute Gasteiger partial charge is 0.250 e. The number of aromatic nitrogens is 1. The van der Waals surface area contributed by atoms with E-state index in [1.807, 2.05) is 37.3 Å². The molecule has 1 N–H and O–H groups in total. The maximum absolute atomic E-state index is 11.9. The van der Waals surface area contributed by atoms with Crippen LogP contribution in [-0.2, 0) is 22.9 Å². The van der Waals surface area contributed by atoms with Gasteiger partial charge < -0.3 is 0 Å².